The first-order valence-corrected chi connectivity index (χ1v) is 8.66. The number of sulfone groups is 1. The molecule has 0 N–H and O–H groups in total. The number of fused-ring (bicyclic) bond motifs is 1. The van der Waals surface area contributed by atoms with Gasteiger partial charge in [0, 0.05) is 17.7 Å². The second-order valence-electron chi connectivity index (χ2n) is 4.75. The summed E-state index contributed by atoms with van der Waals surface area (Å²) in [6, 6.07) is 12.2. The fourth-order valence-corrected chi connectivity index (χ4v) is 2.82. The summed E-state index contributed by atoms with van der Waals surface area (Å²) in [5, 5.41) is 0. The van der Waals surface area contributed by atoms with Gasteiger partial charge in [0.2, 0.25) is 5.89 Å². The van der Waals surface area contributed by atoms with E-state index in [9.17, 15) is 8.42 Å². The first-order chi connectivity index (χ1) is 9.97. The number of hydrogen-bond acceptors (Lipinski definition) is 4. The van der Waals surface area contributed by atoms with E-state index in [2.05, 4.69) is 4.98 Å². The first kappa shape index (κ1) is 14.1. The minimum atomic E-state index is -3.25. The maximum absolute atomic E-state index is 11.6. The summed E-state index contributed by atoms with van der Waals surface area (Å²) in [6.07, 6.45) is 1.17. The second kappa shape index (κ2) is 5.16. The number of nitrogens with zero attached hydrogens (tertiary/aromatic N) is 1. The van der Waals surface area contributed by atoms with Crippen LogP contribution in [0.1, 0.15) is 5.56 Å². The van der Waals surface area contributed by atoms with E-state index in [1.54, 1.807) is 6.07 Å². The van der Waals surface area contributed by atoms with Crippen molar-refractivity contribution in [1.29, 1.82) is 0 Å². The van der Waals surface area contributed by atoms with Crippen LogP contribution in [0.5, 0.6) is 0 Å². The maximum atomic E-state index is 11.6. The van der Waals surface area contributed by atoms with Crippen LogP contribution >= 0.6 is 11.6 Å². The van der Waals surface area contributed by atoms with Gasteiger partial charge in [0.25, 0.3) is 0 Å². The van der Waals surface area contributed by atoms with E-state index >= 15 is 0 Å². The quantitative estimate of drug-likeness (QED) is 0.691. The third kappa shape index (κ3) is 2.80. The molecule has 0 radical (unpaired) electrons. The van der Waals surface area contributed by atoms with E-state index in [1.165, 1.54) is 18.4 Å². The number of rotatable bonds is 3. The summed E-state index contributed by atoms with van der Waals surface area (Å²) in [5.74, 6) is 0.905. The average molecular weight is 322 g/mol. The highest BCUT2D eigenvalue weighted by atomic mass is 35.5. The van der Waals surface area contributed by atoms with Gasteiger partial charge in [-0.15, -0.1) is 11.6 Å². The van der Waals surface area contributed by atoms with Gasteiger partial charge in [-0.3, -0.25) is 0 Å². The molecule has 0 aliphatic heterocycles. The van der Waals surface area contributed by atoms with Crippen molar-refractivity contribution in [2.75, 3.05) is 6.26 Å². The number of oxazole rings is 1. The highest BCUT2D eigenvalue weighted by molar-refractivity contribution is 7.90. The lowest BCUT2D eigenvalue weighted by Crippen LogP contribution is -1.95. The molecule has 0 atom stereocenters. The summed E-state index contributed by atoms with van der Waals surface area (Å²) < 4.78 is 28.8. The minimum absolute atomic E-state index is 0.229. The molecular formula is C15H12ClNO3S. The fraction of sp³-hybridized carbons (Fsp3) is 0.133. The zero-order valence-corrected chi connectivity index (χ0v) is 12.8. The van der Waals surface area contributed by atoms with Crippen molar-refractivity contribution in [2.24, 2.45) is 0 Å². The van der Waals surface area contributed by atoms with Crippen LogP contribution in [0.4, 0.5) is 0 Å². The molecule has 1 heterocycles. The molecule has 0 saturated carbocycles. The highest BCUT2D eigenvalue weighted by Crippen LogP contribution is 2.26. The van der Waals surface area contributed by atoms with Crippen molar-refractivity contribution in [2.45, 2.75) is 10.8 Å². The van der Waals surface area contributed by atoms with Crippen molar-refractivity contribution in [1.82, 2.24) is 4.98 Å². The Balaban J connectivity index is 2.08. The SMILES string of the molecule is CS(=O)(=O)c1ccc2oc(-c3ccc(CCl)cc3)nc2c1. The van der Waals surface area contributed by atoms with Crippen LogP contribution in [0.25, 0.3) is 22.6 Å². The van der Waals surface area contributed by atoms with Crippen molar-refractivity contribution >= 4 is 32.5 Å². The van der Waals surface area contributed by atoms with Crippen molar-refractivity contribution in [3.8, 4) is 11.5 Å². The summed E-state index contributed by atoms with van der Waals surface area (Å²) >= 11 is 5.75. The number of halogens is 1. The Labute approximate surface area is 127 Å². The third-order valence-corrected chi connectivity index (χ3v) is 4.56. The highest BCUT2D eigenvalue weighted by Gasteiger charge is 2.12. The Bertz CT molecular complexity index is 898. The summed E-state index contributed by atoms with van der Waals surface area (Å²) in [7, 11) is -3.25. The Morgan fingerprint density at radius 3 is 2.48 bits per heavy atom. The van der Waals surface area contributed by atoms with Crippen LogP contribution < -0.4 is 0 Å². The molecule has 4 nitrogen and oxygen atoms in total. The minimum Gasteiger partial charge on any atom is -0.436 e. The average Bonchev–Trinajstić information content (AvgIpc) is 2.89. The number of hydrogen-bond donors (Lipinski definition) is 0. The molecule has 3 aromatic rings. The molecular weight excluding hydrogens is 310 g/mol. The van der Waals surface area contributed by atoms with Crippen LogP contribution in [-0.2, 0) is 15.7 Å². The van der Waals surface area contributed by atoms with Crippen molar-refractivity contribution in [3.63, 3.8) is 0 Å². The predicted molar refractivity (Wildman–Crippen MR) is 82.1 cm³/mol. The Morgan fingerprint density at radius 2 is 1.86 bits per heavy atom. The molecule has 0 saturated heterocycles. The lowest BCUT2D eigenvalue weighted by Gasteiger charge is -1.97. The molecule has 0 bridgehead atoms. The molecule has 0 amide bonds. The molecule has 0 spiro atoms. The lowest BCUT2D eigenvalue weighted by atomic mass is 10.1. The van der Waals surface area contributed by atoms with Crippen molar-refractivity contribution in [3.05, 3.63) is 48.0 Å². The van der Waals surface area contributed by atoms with Crippen LogP contribution in [0.2, 0.25) is 0 Å². The standard InChI is InChI=1S/C15H12ClNO3S/c1-21(18,19)12-6-7-14-13(8-12)17-15(20-14)11-4-2-10(9-16)3-5-11/h2-8H,9H2,1H3. The van der Waals surface area contributed by atoms with Gasteiger partial charge in [0.05, 0.1) is 4.90 Å². The van der Waals surface area contributed by atoms with E-state index in [1.807, 2.05) is 24.3 Å². The lowest BCUT2D eigenvalue weighted by molar-refractivity contribution is 0.602. The molecule has 6 heteroatoms. The predicted octanol–water partition coefficient (Wildman–Crippen LogP) is 3.64. The van der Waals surface area contributed by atoms with Gasteiger partial charge in [-0.1, -0.05) is 12.1 Å². The van der Waals surface area contributed by atoms with Gasteiger partial charge in [-0.25, -0.2) is 13.4 Å². The second-order valence-corrected chi connectivity index (χ2v) is 7.03. The number of benzene rings is 2. The molecule has 2 aromatic carbocycles. The van der Waals surface area contributed by atoms with E-state index in [4.69, 9.17) is 16.0 Å². The maximum Gasteiger partial charge on any atom is 0.227 e. The summed E-state index contributed by atoms with van der Waals surface area (Å²) in [5.41, 5.74) is 2.91. The van der Waals surface area contributed by atoms with Crippen LogP contribution in [0.15, 0.2) is 51.8 Å². The molecule has 3 rings (SSSR count). The van der Waals surface area contributed by atoms with Gasteiger partial charge < -0.3 is 4.42 Å². The fourth-order valence-electron chi connectivity index (χ4n) is 2.00. The van der Waals surface area contributed by atoms with Crippen LogP contribution in [-0.4, -0.2) is 19.7 Å². The van der Waals surface area contributed by atoms with Gasteiger partial charge >= 0.3 is 0 Å². The van der Waals surface area contributed by atoms with Gasteiger partial charge in [-0.2, -0.15) is 0 Å². The number of aromatic nitrogens is 1. The van der Waals surface area contributed by atoms with Gasteiger partial charge in [0.1, 0.15) is 5.52 Å². The number of alkyl halides is 1. The topological polar surface area (TPSA) is 60.2 Å². The van der Waals surface area contributed by atoms with Crippen LogP contribution in [0.3, 0.4) is 0 Å². The first-order valence-electron chi connectivity index (χ1n) is 6.23. The van der Waals surface area contributed by atoms with Gasteiger partial charge in [0.15, 0.2) is 15.4 Å². The molecule has 0 aliphatic carbocycles. The monoisotopic (exact) mass is 321 g/mol. The molecule has 1 aromatic heterocycles. The Kier molecular flexibility index (Phi) is 3.47. The zero-order valence-electron chi connectivity index (χ0n) is 11.2. The molecule has 0 unspecified atom stereocenters. The molecule has 0 fully saturated rings. The normalized spacial score (nSPS) is 11.9. The molecule has 0 aliphatic rings. The van der Waals surface area contributed by atoms with Gasteiger partial charge in [-0.05, 0) is 35.9 Å². The summed E-state index contributed by atoms with van der Waals surface area (Å²) in [6.45, 7) is 0. The zero-order chi connectivity index (χ0) is 15.0. The largest absolute Gasteiger partial charge is 0.436 e. The van der Waals surface area contributed by atoms with E-state index in [-0.39, 0.29) is 4.90 Å². The Hall–Kier alpha value is -1.85. The van der Waals surface area contributed by atoms with Crippen molar-refractivity contribution < 1.29 is 12.8 Å². The van der Waals surface area contributed by atoms with E-state index in [0.717, 1.165) is 11.1 Å². The van der Waals surface area contributed by atoms with Crippen LogP contribution in [0, 0.1) is 0 Å². The Morgan fingerprint density at radius 1 is 1.14 bits per heavy atom. The molecule has 108 valence electrons. The van der Waals surface area contributed by atoms with E-state index < -0.39 is 9.84 Å². The van der Waals surface area contributed by atoms with E-state index in [0.29, 0.717) is 22.9 Å². The smallest absolute Gasteiger partial charge is 0.227 e. The molecule has 21 heavy (non-hydrogen) atoms. The third-order valence-electron chi connectivity index (χ3n) is 3.14. The summed E-state index contributed by atoms with van der Waals surface area (Å²) in [4.78, 5) is 4.58.